The molecule has 116 valence electrons. The van der Waals surface area contributed by atoms with Gasteiger partial charge in [0.05, 0.1) is 4.92 Å². The third-order valence-corrected chi connectivity index (χ3v) is 3.33. The van der Waals surface area contributed by atoms with Crippen molar-refractivity contribution >= 4 is 17.3 Å². The first kappa shape index (κ1) is 16.9. The number of nitrogens with one attached hydrogen (secondary N) is 2. The summed E-state index contributed by atoms with van der Waals surface area (Å²) in [7, 11) is 1.59. The van der Waals surface area contributed by atoms with Gasteiger partial charge in [-0.15, -0.1) is 0 Å². The van der Waals surface area contributed by atoms with Gasteiger partial charge >= 0.3 is 0 Å². The number of carbonyl (C=O) groups excluding carboxylic acids is 1. The van der Waals surface area contributed by atoms with Gasteiger partial charge in [0.2, 0.25) is 0 Å². The summed E-state index contributed by atoms with van der Waals surface area (Å²) in [5.74, 6) is -0.228. The van der Waals surface area contributed by atoms with Gasteiger partial charge in [-0.2, -0.15) is 0 Å². The topological polar surface area (TPSA) is 87.5 Å². The molecule has 0 unspecified atom stereocenters. The molecule has 0 aliphatic heterocycles. The third kappa shape index (κ3) is 4.71. The van der Waals surface area contributed by atoms with Crippen molar-refractivity contribution in [2.45, 2.75) is 13.8 Å². The van der Waals surface area contributed by atoms with Crippen molar-refractivity contribution in [3.63, 3.8) is 0 Å². The van der Waals surface area contributed by atoms with Gasteiger partial charge in [-0.3, -0.25) is 14.9 Å². The minimum atomic E-state index is -0.478. The number of carbonyl (C=O) groups is 1. The summed E-state index contributed by atoms with van der Waals surface area (Å²) in [5.41, 5.74) is 0.693. The molecule has 0 atom stereocenters. The van der Waals surface area contributed by atoms with E-state index in [1.807, 2.05) is 0 Å². The number of nitro benzene ring substituents is 1. The monoisotopic (exact) mass is 294 g/mol. The Kier molecular flexibility index (Phi) is 6.61. The van der Waals surface area contributed by atoms with Crippen LogP contribution in [0.25, 0.3) is 0 Å². The van der Waals surface area contributed by atoms with Crippen LogP contribution in [-0.2, 0) is 0 Å². The fourth-order valence-electron chi connectivity index (χ4n) is 2.01. The number of amides is 1. The standard InChI is InChI=1S/C14H22N4O3/c1-4-17(5-2)9-8-16-14(19)11-6-7-13(18(20)21)12(10-11)15-3/h6-7,10,15H,4-5,8-9H2,1-3H3,(H,16,19). The number of rotatable bonds is 8. The van der Waals surface area contributed by atoms with E-state index in [0.29, 0.717) is 17.8 Å². The molecular weight excluding hydrogens is 272 g/mol. The molecule has 1 aromatic carbocycles. The van der Waals surface area contributed by atoms with Crippen molar-refractivity contribution in [2.75, 3.05) is 38.5 Å². The number of nitro groups is 1. The maximum atomic E-state index is 12.0. The molecule has 0 spiro atoms. The average molecular weight is 294 g/mol. The Labute approximate surface area is 124 Å². The maximum absolute atomic E-state index is 12.0. The van der Waals surface area contributed by atoms with Gasteiger partial charge in [0, 0.05) is 31.8 Å². The van der Waals surface area contributed by atoms with E-state index in [4.69, 9.17) is 0 Å². The Morgan fingerprint density at radius 2 is 2.00 bits per heavy atom. The molecule has 0 fully saturated rings. The van der Waals surface area contributed by atoms with Crippen LogP contribution in [0.3, 0.4) is 0 Å². The highest BCUT2D eigenvalue weighted by Gasteiger charge is 2.15. The molecule has 0 aliphatic rings. The zero-order chi connectivity index (χ0) is 15.8. The predicted molar refractivity (Wildman–Crippen MR) is 82.8 cm³/mol. The van der Waals surface area contributed by atoms with Crippen molar-refractivity contribution < 1.29 is 9.72 Å². The van der Waals surface area contributed by atoms with Gasteiger partial charge in [-0.25, -0.2) is 0 Å². The van der Waals surface area contributed by atoms with Crippen LogP contribution in [0.4, 0.5) is 11.4 Å². The Morgan fingerprint density at radius 1 is 1.33 bits per heavy atom. The molecule has 2 N–H and O–H groups in total. The fraction of sp³-hybridized carbons (Fsp3) is 0.500. The minimum absolute atomic E-state index is 0.0443. The smallest absolute Gasteiger partial charge is 0.292 e. The van der Waals surface area contributed by atoms with E-state index in [1.54, 1.807) is 7.05 Å². The van der Waals surface area contributed by atoms with Crippen LogP contribution in [0.2, 0.25) is 0 Å². The molecule has 1 rings (SSSR count). The van der Waals surface area contributed by atoms with Crippen LogP contribution in [0.1, 0.15) is 24.2 Å². The molecule has 0 heterocycles. The second kappa shape index (κ2) is 8.21. The molecule has 0 saturated heterocycles. The molecule has 7 heteroatoms. The lowest BCUT2D eigenvalue weighted by atomic mass is 10.1. The summed E-state index contributed by atoms with van der Waals surface area (Å²) in [6.45, 7) is 7.35. The molecule has 7 nitrogen and oxygen atoms in total. The maximum Gasteiger partial charge on any atom is 0.292 e. The van der Waals surface area contributed by atoms with Crippen molar-refractivity contribution in [3.05, 3.63) is 33.9 Å². The van der Waals surface area contributed by atoms with Crippen molar-refractivity contribution in [1.82, 2.24) is 10.2 Å². The summed E-state index contributed by atoms with van der Waals surface area (Å²) >= 11 is 0. The molecule has 0 aromatic heterocycles. The van der Waals surface area contributed by atoms with E-state index in [0.717, 1.165) is 19.6 Å². The van der Waals surface area contributed by atoms with Crippen LogP contribution in [-0.4, -0.2) is 49.0 Å². The van der Waals surface area contributed by atoms with E-state index in [9.17, 15) is 14.9 Å². The van der Waals surface area contributed by atoms with Crippen LogP contribution >= 0.6 is 0 Å². The summed E-state index contributed by atoms with van der Waals surface area (Å²) in [5, 5.41) is 16.4. The fourth-order valence-corrected chi connectivity index (χ4v) is 2.01. The SMILES string of the molecule is CCN(CC)CCNC(=O)c1ccc([N+](=O)[O-])c(NC)c1. The van der Waals surface area contributed by atoms with E-state index in [-0.39, 0.29) is 11.6 Å². The van der Waals surface area contributed by atoms with Gasteiger partial charge in [0.1, 0.15) is 5.69 Å². The first-order valence-electron chi connectivity index (χ1n) is 7.00. The zero-order valence-corrected chi connectivity index (χ0v) is 12.7. The number of likely N-dealkylation sites (N-methyl/N-ethyl adjacent to an activating group) is 1. The molecule has 0 aliphatic carbocycles. The Morgan fingerprint density at radius 3 is 2.52 bits per heavy atom. The summed E-state index contributed by atoms with van der Waals surface area (Å²) in [4.78, 5) is 24.6. The summed E-state index contributed by atoms with van der Waals surface area (Å²) < 4.78 is 0. The summed E-state index contributed by atoms with van der Waals surface area (Å²) in [6, 6.07) is 4.29. The van der Waals surface area contributed by atoms with E-state index >= 15 is 0 Å². The Balaban J connectivity index is 2.68. The average Bonchev–Trinajstić information content (AvgIpc) is 2.50. The first-order chi connectivity index (χ1) is 10.0. The minimum Gasteiger partial charge on any atom is -0.383 e. The molecule has 0 radical (unpaired) electrons. The second-order valence-electron chi connectivity index (χ2n) is 4.52. The Bertz CT molecular complexity index is 501. The highest BCUT2D eigenvalue weighted by Crippen LogP contribution is 2.24. The van der Waals surface area contributed by atoms with Crippen molar-refractivity contribution in [3.8, 4) is 0 Å². The van der Waals surface area contributed by atoms with Crippen molar-refractivity contribution in [1.29, 1.82) is 0 Å². The van der Waals surface area contributed by atoms with Gasteiger partial charge in [0.15, 0.2) is 0 Å². The largest absolute Gasteiger partial charge is 0.383 e. The number of anilines is 1. The van der Waals surface area contributed by atoms with Gasteiger partial charge in [-0.05, 0) is 25.2 Å². The molecular formula is C14H22N4O3. The molecule has 1 aromatic rings. The van der Waals surface area contributed by atoms with Gasteiger partial charge in [-0.1, -0.05) is 13.8 Å². The molecule has 0 bridgehead atoms. The Hall–Kier alpha value is -2.15. The van der Waals surface area contributed by atoms with Gasteiger partial charge < -0.3 is 15.5 Å². The molecule has 21 heavy (non-hydrogen) atoms. The van der Waals surface area contributed by atoms with E-state index in [2.05, 4.69) is 29.4 Å². The summed E-state index contributed by atoms with van der Waals surface area (Å²) in [6.07, 6.45) is 0. The molecule has 0 saturated carbocycles. The zero-order valence-electron chi connectivity index (χ0n) is 12.7. The second-order valence-corrected chi connectivity index (χ2v) is 4.52. The van der Waals surface area contributed by atoms with Crippen LogP contribution in [0, 0.1) is 10.1 Å². The first-order valence-corrected chi connectivity index (χ1v) is 7.00. The highest BCUT2D eigenvalue weighted by molar-refractivity contribution is 5.95. The lowest BCUT2D eigenvalue weighted by Crippen LogP contribution is -2.34. The van der Waals surface area contributed by atoms with Crippen LogP contribution in [0.15, 0.2) is 18.2 Å². The number of benzene rings is 1. The lowest BCUT2D eigenvalue weighted by molar-refractivity contribution is -0.383. The van der Waals surface area contributed by atoms with Crippen molar-refractivity contribution in [2.24, 2.45) is 0 Å². The van der Waals surface area contributed by atoms with E-state index < -0.39 is 4.92 Å². The van der Waals surface area contributed by atoms with Gasteiger partial charge in [0.25, 0.3) is 11.6 Å². The predicted octanol–water partition coefficient (Wildman–Crippen LogP) is 1.71. The lowest BCUT2D eigenvalue weighted by Gasteiger charge is -2.18. The normalized spacial score (nSPS) is 10.5. The number of hydrogen-bond acceptors (Lipinski definition) is 5. The quantitative estimate of drug-likeness (QED) is 0.563. The molecule has 1 amide bonds. The van der Waals surface area contributed by atoms with Crippen LogP contribution in [0.5, 0.6) is 0 Å². The third-order valence-electron chi connectivity index (χ3n) is 3.33. The van der Waals surface area contributed by atoms with E-state index in [1.165, 1.54) is 18.2 Å². The van der Waals surface area contributed by atoms with Crippen LogP contribution < -0.4 is 10.6 Å². The highest BCUT2D eigenvalue weighted by atomic mass is 16.6. The number of nitrogens with zero attached hydrogens (tertiary/aromatic N) is 2. The number of hydrogen-bond donors (Lipinski definition) is 2.